The van der Waals surface area contributed by atoms with E-state index in [9.17, 15) is 9.18 Å². The summed E-state index contributed by atoms with van der Waals surface area (Å²) in [6.45, 7) is 0. The lowest BCUT2D eigenvalue weighted by molar-refractivity contribution is -0.122. The molecule has 1 aliphatic rings. The number of nitrogens with two attached hydrogens (primary N) is 1. The van der Waals surface area contributed by atoms with Gasteiger partial charge in [0, 0.05) is 23.1 Å². The molecule has 2 aromatic rings. The zero-order chi connectivity index (χ0) is 16.2. The number of hydrogen-bond donors (Lipinski definition) is 2. The molecule has 2 unspecified atom stereocenters. The second-order valence-corrected chi connectivity index (χ2v) is 6.80. The average Bonchev–Trinajstić information content (AvgIpc) is 2.56. The summed E-state index contributed by atoms with van der Waals surface area (Å²) < 4.78 is 13.5. The Morgan fingerprint density at radius 3 is 2.87 bits per heavy atom. The standard InChI is InChI=1S/C18H19FN2OS/c19-13-6-7-17-14(10-13)16(8-9-23-17)21-18(22)11-15(20)12-4-2-1-3-5-12/h1-7,10,15-16H,8-9,11,20H2,(H,21,22). The van der Waals surface area contributed by atoms with Crippen LogP contribution in [0.15, 0.2) is 53.4 Å². The summed E-state index contributed by atoms with van der Waals surface area (Å²) >= 11 is 1.70. The summed E-state index contributed by atoms with van der Waals surface area (Å²) in [6, 6.07) is 13.9. The van der Waals surface area contributed by atoms with Crippen LogP contribution in [-0.4, -0.2) is 11.7 Å². The van der Waals surface area contributed by atoms with E-state index in [-0.39, 0.29) is 30.2 Å². The Labute approximate surface area is 139 Å². The van der Waals surface area contributed by atoms with Crippen molar-refractivity contribution in [3.63, 3.8) is 0 Å². The fourth-order valence-electron chi connectivity index (χ4n) is 2.79. The third kappa shape index (κ3) is 3.92. The maximum absolute atomic E-state index is 13.5. The van der Waals surface area contributed by atoms with E-state index < -0.39 is 0 Å². The average molecular weight is 330 g/mol. The first-order valence-corrected chi connectivity index (χ1v) is 8.64. The van der Waals surface area contributed by atoms with Crippen molar-refractivity contribution >= 4 is 17.7 Å². The highest BCUT2D eigenvalue weighted by atomic mass is 32.2. The van der Waals surface area contributed by atoms with Crippen molar-refractivity contribution in [2.75, 3.05) is 5.75 Å². The summed E-state index contributed by atoms with van der Waals surface area (Å²) in [6.07, 6.45) is 1.02. The lowest BCUT2D eigenvalue weighted by Gasteiger charge is -2.26. The fraction of sp³-hybridized carbons (Fsp3) is 0.278. The number of hydrogen-bond acceptors (Lipinski definition) is 3. The van der Waals surface area contributed by atoms with Crippen molar-refractivity contribution in [3.8, 4) is 0 Å². The first kappa shape index (κ1) is 16.0. The van der Waals surface area contributed by atoms with Crippen LogP contribution in [0, 0.1) is 5.82 Å². The molecule has 0 spiro atoms. The molecule has 0 saturated heterocycles. The lowest BCUT2D eigenvalue weighted by atomic mass is 10.0. The van der Waals surface area contributed by atoms with E-state index in [1.165, 1.54) is 12.1 Å². The van der Waals surface area contributed by atoms with Gasteiger partial charge in [-0.1, -0.05) is 30.3 Å². The van der Waals surface area contributed by atoms with Crippen molar-refractivity contribution < 1.29 is 9.18 Å². The molecule has 5 heteroatoms. The molecule has 3 nitrogen and oxygen atoms in total. The van der Waals surface area contributed by atoms with Crippen LogP contribution in [0.25, 0.3) is 0 Å². The molecular formula is C18H19FN2OS. The number of benzene rings is 2. The van der Waals surface area contributed by atoms with E-state index in [2.05, 4.69) is 5.32 Å². The van der Waals surface area contributed by atoms with Gasteiger partial charge in [-0.15, -0.1) is 11.8 Å². The zero-order valence-electron chi connectivity index (χ0n) is 12.7. The van der Waals surface area contributed by atoms with Crippen LogP contribution in [0.3, 0.4) is 0 Å². The molecule has 0 fully saturated rings. The van der Waals surface area contributed by atoms with E-state index in [0.717, 1.165) is 28.2 Å². The highest BCUT2D eigenvalue weighted by molar-refractivity contribution is 7.99. The van der Waals surface area contributed by atoms with Gasteiger partial charge in [0.1, 0.15) is 5.82 Å². The monoisotopic (exact) mass is 330 g/mol. The summed E-state index contributed by atoms with van der Waals surface area (Å²) in [5.41, 5.74) is 7.90. The highest BCUT2D eigenvalue weighted by Crippen LogP contribution is 2.36. The van der Waals surface area contributed by atoms with Crippen molar-refractivity contribution in [1.82, 2.24) is 5.32 Å². The summed E-state index contributed by atoms with van der Waals surface area (Å²) in [7, 11) is 0. The van der Waals surface area contributed by atoms with Crippen molar-refractivity contribution in [2.45, 2.75) is 29.8 Å². The maximum Gasteiger partial charge on any atom is 0.222 e. The molecule has 1 amide bonds. The third-order valence-corrected chi connectivity index (χ3v) is 5.10. The highest BCUT2D eigenvalue weighted by Gasteiger charge is 2.23. The van der Waals surface area contributed by atoms with Crippen LogP contribution in [0.2, 0.25) is 0 Å². The maximum atomic E-state index is 13.5. The number of thioether (sulfide) groups is 1. The summed E-state index contributed by atoms with van der Waals surface area (Å²) in [4.78, 5) is 13.3. The number of halogens is 1. The van der Waals surface area contributed by atoms with Gasteiger partial charge in [-0.05, 0) is 35.7 Å². The van der Waals surface area contributed by atoms with E-state index in [0.29, 0.717) is 0 Å². The fourth-order valence-corrected chi connectivity index (χ4v) is 3.89. The van der Waals surface area contributed by atoms with Crippen LogP contribution in [0.4, 0.5) is 4.39 Å². The number of nitrogens with one attached hydrogen (secondary N) is 1. The molecule has 0 bridgehead atoms. The normalized spacial score (nSPS) is 18.1. The molecule has 120 valence electrons. The number of fused-ring (bicyclic) bond motifs is 1. The second-order valence-electron chi connectivity index (χ2n) is 5.66. The first-order chi connectivity index (χ1) is 11.1. The number of carbonyl (C=O) groups excluding carboxylic acids is 1. The summed E-state index contributed by atoms with van der Waals surface area (Å²) in [5, 5.41) is 3.00. The molecule has 0 aliphatic carbocycles. The second kappa shape index (κ2) is 7.15. The molecule has 2 atom stereocenters. The quantitative estimate of drug-likeness (QED) is 0.901. The van der Waals surface area contributed by atoms with Crippen LogP contribution in [-0.2, 0) is 4.79 Å². The van der Waals surface area contributed by atoms with Gasteiger partial charge in [0.25, 0.3) is 0 Å². The first-order valence-electron chi connectivity index (χ1n) is 7.65. The molecule has 3 rings (SSSR count). The Morgan fingerprint density at radius 1 is 1.30 bits per heavy atom. The van der Waals surface area contributed by atoms with E-state index in [1.54, 1.807) is 17.8 Å². The number of amides is 1. The van der Waals surface area contributed by atoms with Crippen LogP contribution in [0.1, 0.15) is 36.1 Å². The summed E-state index contributed by atoms with van der Waals surface area (Å²) in [5.74, 6) is 0.536. The van der Waals surface area contributed by atoms with E-state index >= 15 is 0 Å². The predicted molar refractivity (Wildman–Crippen MR) is 90.6 cm³/mol. The van der Waals surface area contributed by atoms with Gasteiger partial charge in [0.2, 0.25) is 5.91 Å². The minimum atomic E-state index is -0.332. The lowest BCUT2D eigenvalue weighted by Crippen LogP contribution is -2.32. The van der Waals surface area contributed by atoms with Crippen LogP contribution >= 0.6 is 11.8 Å². The SMILES string of the molecule is NC(CC(=O)NC1CCSc2ccc(F)cc21)c1ccccc1. The molecule has 1 heterocycles. The molecular weight excluding hydrogens is 311 g/mol. The number of rotatable bonds is 4. The Kier molecular flexibility index (Phi) is 4.98. The van der Waals surface area contributed by atoms with Gasteiger partial charge in [0.05, 0.1) is 6.04 Å². The molecule has 3 N–H and O–H groups in total. The molecule has 1 aliphatic heterocycles. The minimum absolute atomic E-state index is 0.103. The number of carbonyl (C=O) groups is 1. The topological polar surface area (TPSA) is 55.1 Å². The minimum Gasteiger partial charge on any atom is -0.349 e. The van der Waals surface area contributed by atoms with Crippen LogP contribution in [0.5, 0.6) is 0 Å². The van der Waals surface area contributed by atoms with Gasteiger partial charge < -0.3 is 11.1 Å². The van der Waals surface area contributed by atoms with E-state index in [4.69, 9.17) is 5.73 Å². The van der Waals surface area contributed by atoms with Gasteiger partial charge >= 0.3 is 0 Å². The predicted octanol–water partition coefficient (Wildman–Crippen LogP) is 3.57. The Hall–Kier alpha value is -1.85. The van der Waals surface area contributed by atoms with Gasteiger partial charge in [-0.2, -0.15) is 0 Å². The molecule has 0 saturated carbocycles. The van der Waals surface area contributed by atoms with Crippen molar-refractivity contribution in [1.29, 1.82) is 0 Å². The Bertz CT molecular complexity index is 693. The molecule has 0 aromatic heterocycles. The molecule has 23 heavy (non-hydrogen) atoms. The Morgan fingerprint density at radius 2 is 2.09 bits per heavy atom. The van der Waals surface area contributed by atoms with Gasteiger partial charge in [0.15, 0.2) is 0 Å². The van der Waals surface area contributed by atoms with E-state index in [1.807, 2.05) is 30.3 Å². The van der Waals surface area contributed by atoms with Gasteiger partial charge in [-0.3, -0.25) is 4.79 Å². The Balaban J connectivity index is 1.66. The smallest absolute Gasteiger partial charge is 0.222 e. The molecule has 0 radical (unpaired) electrons. The zero-order valence-corrected chi connectivity index (χ0v) is 13.5. The van der Waals surface area contributed by atoms with Crippen molar-refractivity contribution in [2.24, 2.45) is 5.73 Å². The van der Waals surface area contributed by atoms with Crippen LogP contribution < -0.4 is 11.1 Å². The molecule has 2 aromatic carbocycles. The third-order valence-electron chi connectivity index (χ3n) is 3.98. The van der Waals surface area contributed by atoms with Gasteiger partial charge in [-0.25, -0.2) is 4.39 Å². The largest absolute Gasteiger partial charge is 0.349 e. The van der Waals surface area contributed by atoms with Crippen molar-refractivity contribution in [3.05, 3.63) is 65.5 Å².